The zero-order chi connectivity index (χ0) is 18.1. The Kier molecular flexibility index (Phi) is 7.71. The number of nitrogens with zero attached hydrogens (tertiary/aromatic N) is 1. The highest BCUT2D eigenvalue weighted by Gasteiger charge is 2.16. The molecule has 1 heterocycles. The van der Waals surface area contributed by atoms with E-state index in [4.69, 9.17) is 4.74 Å². The van der Waals surface area contributed by atoms with Crippen molar-refractivity contribution in [3.05, 3.63) is 24.3 Å². The lowest BCUT2D eigenvalue weighted by Gasteiger charge is -2.20. The Morgan fingerprint density at radius 1 is 1.12 bits per heavy atom. The van der Waals surface area contributed by atoms with Crippen LogP contribution in [0.4, 0.5) is 0 Å². The number of carbonyl (C=O) groups excluding carboxylic acids is 1. The van der Waals surface area contributed by atoms with E-state index < -0.39 is 10.0 Å². The van der Waals surface area contributed by atoms with Gasteiger partial charge in [-0.1, -0.05) is 26.2 Å². The van der Waals surface area contributed by atoms with Crippen molar-refractivity contribution < 1.29 is 17.9 Å². The standard InChI is InChI=1S/C18H28N2O4S/c1-2-3-12-19-25(22,23)17-10-8-16(9-11-17)24-15-18(21)20-13-6-4-5-7-14-20/h8-11,19H,2-7,12-15H2,1H3. The fraction of sp³-hybridized carbons (Fsp3) is 0.611. The van der Waals surface area contributed by atoms with Crippen LogP contribution in [-0.2, 0) is 14.8 Å². The number of nitrogens with one attached hydrogen (secondary N) is 1. The third-order valence-corrected chi connectivity index (χ3v) is 5.75. The molecule has 6 nitrogen and oxygen atoms in total. The zero-order valence-corrected chi connectivity index (χ0v) is 15.7. The molecule has 1 aromatic carbocycles. The van der Waals surface area contributed by atoms with Crippen molar-refractivity contribution in [2.24, 2.45) is 0 Å². The highest BCUT2D eigenvalue weighted by Crippen LogP contribution is 2.16. The minimum atomic E-state index is -3.48. The van der Waals surface area contributed by atoms with Gasteiger partial charge >= 0.3 is 0 Å². The van der Waals surface area contributed by atoms with Gasteiger partial charge < -0.3 is 9.64 Å². The predicted octanol–water partition coefficient (Wildman–Crippen LogP) is 2.55. The maximum absolute atomic E-state index is 12.2. The molecule has 0 unspecified atom stereocenters. The Bertz CT molecular complexity index is 636. The van der Waals surface area contributed by atoms with Crippen molar-refractivity contribution in [1.82, 2.24) is 9.62 Å². The quantitative estimate of drug-likeness (QED) is 0.716. The molecule has 0 aromatic heterocycles. The first-order valence-electron chi connectivity index (χ1n) is 9.03. The SMILES string of the molecule is CCCCNS(=O)(=O)c1ccc(OCC(=O)N2CCCCCC2)cc1. The normalized spacial score (nSPS) is 15.6. The van der Waals surface area contributed by atoms with Crippen LogP contribution in [0, 0.1) is 0 Å². The average Bonchev–Trinajstić information content (AvgIpc) is 2.89. The van der Waals surface area contributed by atoms with Crippen LogP contribution >= 0.6 is 0 Å². The molecule has 25 heavy (non-hydrogen) atoms. The summed E-state index contributed by atoms with van der Waals surface area (Å²) in [6.45, 7) is 4.02. The first kappa shape index (κ1) is 19.7. The number of sulfonamides is 1. The van der Waals surface area contributed by atoms with Crippen molar-refractivity contribution in [1.29, 1.82) is 0 Å². The lowest BCUT2D eigenvalue weighted by Crippen LogP contribution is -2.35. The second-order valence-corrected chi connectivity index (χ2v) is 8.07. The molecule has 7 heteroatoms. The van der Waals surface area contributed by atoms with Gasteiger partial charge in [-0.25, -0.2) is 13.1 Å². The topological polar surface area (TPSA) is 75.7 Å². The zero-order valence-electron chi connectivity index (χ0n) is 14.9. The fourth-order valence-electron chi connectivity index (χ4n) is 2.74. The molecule has 0 saturated carbocycles. The molecule has 1 amide bonds. The maximum Gasteiger partial charge on any atom is 0.260 e. The van der Waals surface area contributed by atoms with E-state index in [9.17, 15) is 13.2 Å². The molecule has 0 radical (unpaired) electrons. The van der Waals surface area contributed by atoms with E-state index in [0.29, 0.717) is 12.3 Å². The molecule has 0 aliphatic carbocycles. The summed E-state index contributed by atoms with van der Waals surface area (Å²) in [6, 6.07) is 6.17. The Morgan fingerprint density at radius 3 is 2.36 bits per heavy atom. The molecular formula is C18H28N2O4S. The van der Waals surface area contributed by atoms with Crippen molar-refractivity contribution in [2.75, 3.05) is 26.2 Å². The molecule has 0 atom stereocenters. The molecule has 0 spiro atoms. The van der Waals surface area contributed by atoms with Crippen LogP contribution in [0.5, 0.6) is 5.75 Å². The number of carbonyl (C=O) groups is 1. The Hall–Kier alpha value is -1.60. The molecule has 1 N–H and O–H groups in total. The Balaban J connectivity index is 1.86. The third-order valence-electron chi connectivity index (χ3n) is 4.28. The van der Waals surface area contributed by atoms with Gasteiger partial charge in [0.05, 0.1) is 4.90 Å². The smallest absolute Gasteiger partial charge is 0.260 e. The average molecular weight is 368 g/mol. The maximum atomic E-state index is 12.2. The second-order valence-electron chi connectivity index (χ2n) is 6.31. The summed E-state index contributed by atoms with van der Waals surface area (Å²) in [5.74, 6) is 0.482. The van der Waals surface area contributed by atoms with Gasteiger partial charge in [0.25, 0.3) is 5.91 Å². The number of amides is 1. The fourth-order valence-corrected chi connectivity index (χ4v) is 3.81. The first-order valence-corrected chi connectivity index (χ1v) is 10.5. The van der Waals surface area contributed by atoms with E-state index in [0.717, 1.165) is 38.8 Å². The highest BCUT2D eigenvalue weighted by atomic mass is 32.2. The number of unbranched alkanes of at least 4 members (excludes halogenated alkanes) is 1. The minimum Gasteiger partial charge on any atom is -0.484 e. The number of hydrogen-bond donors (Lipinski definition) is 1. The van der Waals surface area contributed by atoms with E-state index in [1.54, 1.807) is 12.1 Å². The van der Waals surface area contributed by atoms with Crippen LogP contribution in [0.15, 0.2) is 29.2 Å². The highest BCUT2D eigenvalue weighted by molar-refractivity contribution is 7.89. The summed E-state index contributed by atoms with van der Waals surface area (Å²) in [5.41, 5.74) is 0. The first-order chi connectivity index (χ1) is 12.0. The van der Waals surface area contributed by atoms with Gasteiger partial charge in [0.2, 0.25) is 10.0 Å². The van der Waals surface area contributed by atoms with Gasteiger partial charge in [-0.2, -0.15) is 0 Å². The number of benzene rings is 1. The monoisotopic (exact) mass is 368 g/mol. The van der Waals surface area contributed by atoms with Crippen molar-refractivity contribution in [2.45, 2.75) is 50.3 Å². The van der Waals surface area contributed by atoms with Gasteiger partial charge in [-0.15, -0.1) is 0 Å². The van der Waals surface area contributed by atoms with E-state index in [2.05, 4.69) is 4.72 Å². The molecule has 0 bridgehead atoms. The summed E-state index contributed by atoms with van der Waals surface area (Å²) in [5, 5.41) is 0. The van der Waals surface area contributed by atoms with Crippen molar-refractivity contribution >= 4 is 15.9 Å². The number of hydrogen-bond acceptors (Lipinski definition) is 4. The summed E-state index contributed by atoms with van der Waals surface area (Å²) in [7, 11) is -3.48. The summed E-state index contributed by atoms with van der Waals surface area (Å²) >= 11 is 0. The van der Waals surface area contributed by atoms with Crippen LogP contribution in [0.1, 0.15) is 45.4 Å². The van der Waals surface area contributed by atoms with Crippen LogP contribution < -0.4 is 9.46 Å². The van der Waals surface area contributed by atoms with Crippen molar-refractivity contribution in [3.8, 4) is 5.75 Å². The second kappa shape index (κ2) is 9.77. The molecule has 1 saturated heterocycles. The van der Waals surface area contributed by atoms with E-state index in [1.165, 1.54) is 25.0 Å². The van der Waals surface area contributed by atoms with Crippen LogP contribution in [0.2, 0.25) is 0 Å². The Morgan fingerprint density at radius 2 is 1.76 bits per heavy atom. The van der Waals surface area contributed by atoms with Crippen LogP contribution in [0.3, 0.4) is 0 Å². The minimum absolute atomic E-state index is 0.0130. The molecule has 1 aromatic rings. The number of ether oxygens (including phenoxy) is 1. The lowest BCUT2D eigenvalue weighted by molar-refractivity contribution is -0.133. The van der Waals surface area contributed by atoms with Gasteiger partial charge in [0.15, 0.2) is 6.61 Å². The van der Waals surface area contributed by atoms with E-state index in [1.807, 2.05) is 11.8 Å². The van der Waals surface area contributed by atoms with E-state index in [-0.39, 0.29) is 17.4 Å². The number of likely N-dealkylation sites (tertiary alicyclic amines) is 1. The molecule has 140 valence electrons. The molecule has 2 rings (SSSR count). The molecule has 1 aliphatic rings. The predicted molar refractivity (Wildman–Crippen MR) is 97.1 cm³/mol. The number of rotatable bonds is 8. The lowest BCUT2D eigenvalue weighted by atomic mass is 10.2. The van der Waals surface area contributed by atoms with Crippen molar-refractivity contribution in [3.63, 3.8) is 0 Å². The Labute approximate surface area is 150 Å². The van der Waals surface area contributed by atoms with E-state index >= 15 is 0 Å². The van der Waals surface area contributed by atoms with Crippen LogP contribution in [0.25, 0.3) is 0 Å². The van der Waals surface area contributed by atoms with Gasteiger partial charge in [-0.05, 0) is 43.5 Å². The van der Waals surface area contributed by atoms with Gasteiger partial charge in [-0.3, -0.25) is 4.79 Å². The molecule has 1 fully saturated rings. The van der Waals surface area contributed by atoms with Gasteiger partial charge in [0.1, 0.15) is 5.75 Å². The molecule has 1 aliphatic heterocycles. The third kappa shape index (κ3) is 6.32. The summed E-state index contributed by atoms with van der Waals surface area (Å²) in [4.78, 5) is 14.2. The molecular weight excluding hydrogens is 340 g/mol. The van der Waals surface area contributed by atoms with Crippen LogP contribution in [-0.4, -0.2) is 45.5 Å². The summed E-state index contributed by atoms with van der Waals surface area (Å²) in [6.07, 6.45) is 6.17. The summed E-state index contributed by atoms with van der Waals surface area (Å²) < 4.78 is 32.3. The largest absolute Gasteiger partial charge is 0.484 e. The van der Waals surface area contributed by atoms with Gasteiger partial charge in [0, 0.05) is 19.6 Å².